The van der Waals surface area contributed by atoms with Gasteiger partial charge in [-0.3, -0.25) is 0 Å². The number of carboxylic acids is 1. The number of hydrogen-bond acceptors (Lipinski definition) is 7. The monoisotopic (exact) mass is 504 g/mol. The number of aromatic nitrogens is 1. The molecule has 11 heteroatoms. The fourth-order valence-electron chi connectivity index (χ4n) is 3.13. The Morgan fingerprint density at radius 3 is 2.42 bits per heavy atom. The molecule has 0 aliphatic rings. The molecule has 3 aromatic rings. The largest absolute Gasteiger partial charge is 0.485 e. The van der Waals surface area contributed by atoms with E-state index in [1.165, 1.54) is 25.1 Å². The lowest BCUT2D eigenvalue weighted by molar-refractivity contribution is -0.0516. The Bertz CT molecular complexity index is 1210. The SMILES string of the molecule is C[C@H](NC(=O)OC(C)(C)C)c1oc(-c2ccc(OC(F)F)c(OCc3ccccc3)c2)nc1C(=O)O. The van der Waals surface area contributed by atoms with Gasteiger partial charge in [0.25, 0.3) is 0 Å². The molecule has 0 aliphatic carbocycles. The predicted octanol–water partition coefficient (Wildman–Crippen LogP) is 5.81. The van der Waals surface area contributed by atoms with Gasteiger partial charge in [-0.2, -0.15) is 8.78 Å². The Labute approximate surface area is 206 Å². The number of nitrogens with one attached hydrogen (secondary N) is 1. The van der Waals surface area contributed by atoms with Crippen LogP contribution in [0.1, 0.15) is 55.5 Å². The van der Waals surface area contributed by atoms with Crippen LogP contribution in [0.25, 0.3) is 11.5 Å². The van der Waals surface area contributed by atoms with Gasteiger partial charge in [0, 0.05) is 5.56 Å². The highest BCUT2D eigenvalue weighted by molar-refractivity contribution is 5.87. The fraction of sp³-hybridized carbons (Fsp3) is 0.320. The number of nitrogens with zero attached hydrogens (tertiary/aromatic N) is 1. The molecule has 9 nitrogen and oxygen atoms in total. The van der Waals surface area contributed by atoms with E-state index in [9.17, 15) is 23.5 Å². The third-order valence-corrected chi connectivity index (χ3v) is 4.63. The zero-order chi connectivity index (χ0) is 26.5. The summed E-state index contributed by atoms with van der Waals surface area (Å²) < 4.78 is 46.9. The predicted molar refractivity (Wildman–Crippen MR) is 124 cm³/mol. The summed E-state index contributed by atoms with van der Waals surface area (Å²) in [6.07, 6.45) is -0.769. The van der Waals surface area contributed by atoms with Gasteiger partial charge in [-0.1, -0.05) is 30.3 Å². The van der Waals surface area contributed by atoms with Crippen molar-refractivity contribution in [2.75, 3.05) is 0 Å². The molecule has 192 valence electrons. The Hall–Kier alpha value is -4.15. The summed E-state index contributed by atoms with van der Waals surface area (Å²) in [7, 11) is 0. The smallest absolute Gasteiger partial charge is 0.408 e. The van der Waals surface area contributed by atoms with Gasteiger partial charge in [-0.25, -0.2) is 14.6 Å². The van der Waals surface area contributed by atoms with Crippen LogP contribution in [-0.2, 0) is 11.3 Å². The normalized spacial score (nSPS) is 12.2. The summed E-state index contributed by atoms with van der Waals surface area (Å²) in [5.74, 6) is -1.85. The number of aromatic carboxylic acids is 1. The molecule has 3 rings (SSSR count). The minimum absolute atomic E-state index is 0.0202. The Balaban J connectivity index is 1.91. The number of hydrogen-bond donors (Lipinski definition) is 2. The molecule has 0 saturated carbocycles. The van der Waals surface area contributed by atoms with Crippen LogP contribution in [0.2, 0.25) is 0 Å². The lowest BCUT2D eigenvalue weighted by atomic mass is 10.2. The average molecular weight is 504 g/mol. The lowest BCUT2D eigenvalue weighted by Gasteiger charge is -2.21. The van der Waals surface area contributed by atoms with Crippen molar-refractivity contribution in [3.63, 3.8) is 0 Å². The van der Waals surface area contributed by atoms with Crippen molar-refractivity contribution in [1.82, 2.24) is 10.3 Å². The van der Waals surface area contributed by atoms with Crippen molar-refractivity contribution in [3.8, 4) is 23.0 Å². The molecule has 2 aromatic carbocycles. The first-order chi connectivity index (χ1) is 16.9. The van der Waals surface area contributed by atoms with Gasteiger partial charge in [0.2, 0.25) is 5.89 Å². The number of oxazole rings is 1. The molecule has 1 heterocycles. The van der Waals surface area contributed by atoms with E-state index in [0.29, 0.717) is 0 Å². The quantitative estimate of drug-likeness (QED) is 0.375. The summed E-state index contributed by atoms with van der Waals surface area (Å²) in [6.45, 7) is 3.55. The van der Waals surface area contributed by atoms with Crippen LogP contribution in [0, 0.1) is 0 Å². The summed E-state index contributed by atoms with van der Waals surface area (Å²) in [5.41, 5.74) is -0.143. The van der Waals surface area contributed by atoms with Crippen LogP contribution in [0.5, 0.6) is 11.5 Å². The van der Waals surface area contributed by atoms with Gasteiger partial charge in [-0.05, 0) is 51.5 Å². The molecule has 0 aliphatic heterocycles. The minimum atomic E-state index is -3.08. The molecule has 0 bridgehead atoms. The number of amides is 1. The maximum Gasteiger partial charge on any atom is 0.408 e. The van der Waals surface area contributed by atoms with Crippen molar-refractivity contribution < 1.29 is 42.1 Å². The number of carboxylic acid groups (broad SMARTS) is 1. The summed E-state index contributed by atoms with van der Waals surface area (Å²) in [4.78, 5) is 27.9. The van der Waals surface area contributed by atoms with Gasteiger partial charge in [0.15, 0.2) is 23.0 Å². The van der Waals surface area contributed by atoms with E-state index >= 15 is 0 Å². The van der Waals surface area contributed by atoms with Crippen molar-refractivity contribution in [2.45, 2.75) is 52.6 Å². The zero-order valence-electron chi connectivity index (χ0n) is 20.1. The second kappa shape index (κ2) is 11.1. The fourth-order valence-corrected chi connectivity index (χ4v) is 3.13. The number of benzene rings is 2. The number of ether oxygens (including phenoxy) is 3. The first-order valence-corrected chi connectivity index (χ1v) is 10.9. The molecule has 0 radical (unpaired) electrons. The molecule has 1 atom stereocenters. The summed E-state index contributed by atoms with van der Waals surface area (Å²) in [5, 5.41) is 12.1. The maximum absolute atomic E-state index is 12.9. The van der Waals surface area contributed by atoms with Crippen molar-refractivity contribution >= 4 is 12.1 Å². The number of carbonyl (C=O) groups excluding carboxylic acids is 1. The molecule has 0 fully saturated rings. The topological polar surface area (TPSA) is 120 Å². The van der Waals surface area contributed by atoms with Gasteiger partial charge < -0.3 is 29.1 Å². The van der Waals surface area contributed by atoms with Gasteiger partial charge in [0.1, 0.15) is 12.2 Å². The van der Waals surface area contributed by atoms with E-state index in [0.717, 1.165) is 5.56 Å². The van der Waals surface area contributed by atoms with Crippen LogP contribution in [0.4, 0.5) is 13.6 Å². The van der Waals surface area contributed by atoms with E-state index in [1.807, 2.05) is 6.07 Å². The van der Waals surface area contributed by atoms with Crippen molar-refractivity contribution in [2.24, 2.45) is 0 Å². The molecular weight excluding hydrogens is 478 g/mol. The summed E-state index contributed by atoms with van der Waals surface area (Å²) in [6, 6.07) is 12.1. The number of alkyl carbamates (subject to hydrolysis) is 1. The highest BCUT2D eigenvalue weighted by atomic mass is 19.3. The van der Waals surface area contributed by atoms with E-state index in [-0.39, 0.29) is 35.3 Å². The van der Waals surface area contributed by atoms with Crippen molar-refractivity contribution in [3.05, 3.63) is 65.5 Å². The lowest BCUT2D eigenvalue weighted by Crippen LogP contribution is -2.34. The Morgan fingerprint density at radius 1 is 1.11 bits per heavy atom. The Kier molecular flexibility index (Phi) is 8.13. The first kappa shape index (κ1) is 26.5. The molecule has 0 spiro atoms. The van der Waals surface area contributed by atoms with E-state index in [1.54, 1.807) is 45.0 Å². The highest BCUT2D eigenvalue weighted by Crippen LogP contribution is 2.35. The van der Waals surface area contributed by atoms with Crippen LogP contribution in [0.15, 0.2) is 52.9 Å². The van der Waals surface area contributed by atoms with E-state index < -0.39 is 36.0 Å². The first-order valence-electron chi connectivity index (χ1n) is 10.9. The van der Waals surface area contributed by atoms with Crippen LogP contribution >= 0.6 is 0 Å². The van der Waals surface area contributed by atoms with Gasteiger partial charge >= 0.3 is 18.7 Å². The van der Waals surface area contributed by atoms with E-state index in [4.69, 9.17) is 13.9 Å². The number of halogens is 2. The number of alkyl halides is 2. The standard InChI is InChI=1S/C25H26F2N2O7/c1-14(28-24(32)36-25(2,3)4)20-19(22(30)31)29-21(35-20)16-10-11-17(34-23(26)27)18(12-16)33-13-15-8-6-5-7-9-15/h5-12,14,23H,13H2,1-4H3,(H,28,32)(H,30,31)/t14-/m0/s1. The third-order valence-electron chi connectivity index (χ3n) is 4.63. The molecule has 1 aromatic heterocycles. The molecule has 0 unspecified atom stereocenters. The minimum Gasteiger partial charge on any atom is -0.485 e. The number of rotatable bonds is 9. The van der Waals surface area contributed by atoms with E-state index in [2.05, 4.69) is 15.0 Å². The summed E-state index contributed by atoms with van der Waals surface area (Å²) >= 11 is 0. The second-order valence-corrected chi connectivity index (χ2v) is 8.72. The van der Waals surface area contributed by atoms with Crippen LogP contribution in [0.3, 0.4) is 0 Å². The zero-order valence-corrected chi connectivity index (χ0v) is 20.1. The van der Waals surface area contributed by atoms with Gasteiger partial charge in [0.05, 0.1) is 6.04 Å². The number of carbonyl (C=O) groups is 2. The molecular formula is C25H26F2N2O7. The van der Waals surface area contributed by atoms with Gasteiger partial charge in [-0.15, -0.1) is 0 Å². The van der Waals surface area contributed by atoms with Crippen molar-refractivity contribution in [1.29, 1.82) is 0 Å². The molecule has 36 heavy (non-hydrogen) atoms. The molecule has 2 N–H and O–H groups in total. The van der Waals surface area contributed by atoms with Crippen LogP contribution < -0.4 is 14.8 Å². The maximum atomic E-state index is 12.9. The molecule has 0 saturated heterocycles. The third kappa shape index (κ3) is 7.17. The second-order valence-electron chi connectivity index (χ2n) is 8.72. The highest BCUT2D eigenvalue weighted by Gasteiger charge is 2.28. The van der Waals surface area contributed by atoms with Crippen LogP contribution in [-0.4, -0.2) is 34.4 Å². The Morgan fingerprint density at radius 2 is 1.81 bits per heavy atom. The molecule has 1 amide bonds. The average Bonchev–Trinajstić information content (AvgIpc) is 3.23.